The monoisotopic (exact) mass is 268 g/mol. The molecule has 3 nitrogen and oxygen atoms in total. The van der Waals surface area contributed by atoms with Crippen molar-refractivity contribution in [1.82, 2.24) is 9.78 Å². The molecule has 3 heteroatoms. The molecule has 0 bridgehead atoms. The fourth-order valence-corrected chi connectivity index (χ4v) is 2.95. The van der Waals surface area contributed by atoms with E-state index in [-0.39, 0.29) is 5.78 Å². The highest BCUT2D eigenvalue weighted by atomic mass is 16.1. The van der Waals surface area contributed by atoms with Gasteiger partial charge < -0.3 is 0 Å². The first-order chi connectivity index (χ1) is 9.75. The molecule has 0 fully saturated rings. The van der Waals surface area contributed by atoms with Crippen molar-refractivity contribution in [3.05, 3.63) is 41.6 Å². The number of para-hydroxylation sites is 1. The molecule has 20 heavy (non-hydrogen) atoms. The molecule has 1 aliphatic carbocycles. The van der Waals surface area contributed by atoms with Gasteiger partial charge in [0.15, 0.2) is 5.78 Å². The van der Waals surface area contributed by atoms with E-state index in [4.69, 9.17) is 0 Å². The zero-order valence-corrected chi connectivity index (χ0v) is 11.9. The third-order valence-corrected chi connectivity index (χ3v) is 4.06. The number of carbonyl (C=O) groups excluding carboxylic acids is 1. The van der Waals surface area contributed by atoms with Crippen LogP contribution in [0.15, 0.2) is 35.9 Å². The van der Waals surface area contributed by atoms with Crippen molar-refractivity contribution in [1.29, 1.82) is 0 Å². The molecule has 3 rings (SSSR count). The Morgan fingerprint density at radius 2 is 2.10 bits per heavy atom. The molecule has 1 aromatic carbocycles. The molecule has 2 aromatic rings. The van der Waals surface area contributed by atoms with E-state index in [9.17, 15) is 4.79 Å². The van der Waals surface area contributed by atoms with Gasteiger partial charge in [-0.1, -0.05) is 30.7 Å². The van der Waals surface area contributed by atoms with Crippen LogP contribution >= 0.6 is 0 Å². The lowest BCUT2D eigenvalue weighted by atomic mass is 10.0. The van der Waals surface area contributed by atoms with Crippen LogP contribution in [-0.4, -0.2) is 15.6 Å². The number of rotatable bonds is 3. The van der Waals surface area contributed by atoms with Gasteiger partial charge >= 0.3 is 0 Å². The van der Waals surface area contributed by atoms with E-state index in [0.29, 0.717) is 6.42 Å². The lowest BCUT2D eigenvalue weighted by Crippen LogP contribution is -2.07. The van der Waals surface area contributed by atoms with E-state index < -0.39 is 0 Å². The minimum atomic E-state index is 0.246. The van der Waals surface area contributed by atoms with Crippen LogP contribution in [0.2, 0.25) is 0 Å². The minimum Gasteiger partial charge on any atom is -0.294 e. The normalized spacial score (nSPS) is 15.9. The summed E-state index contributed by atoms with van der Waals surface area (Å²) in [5.74, 6) is 0.246. The molecule has 0 atom stereocenters. The molecule has 0 aliphatic heterocycles. The van der Waals surface area contributed by atoms with Gasteiger partial charge in [-0.2, -0.15) is 5.10 Å². The second-order valence-electron chi connectivity index (χ2n) is 5.52. The average molecular weight is 268 g/mol. The Labute approximate surface area is 119 Å². The highest BCUT2D eigenvalue weighted by molar-refractivity contribution is 5.98. The molecule has 1 aromatic heterocycles. The van der Waals surface area contributed by atoms with Crippen molar-refractivity contribution in [2.24, 2.45) is 7.05 Å². The summed E-state index contributed by atoms with van der Waals surface area (Å²) in [5, 5.41) is 5.61. The number of hydrogen-bond acceptors (Lipinski definition) is 2. The molecular weight excluding hydrogens is 248 g/mol. The Bertz CT molecular complexity index is 667. The van der Waals surface area contributed by atoms with Crippen molar-refractivity contribution in [3.63, 3.8) is 0 Å². The summed E-state index contributed by atoms with van der Waals surface area (Å²) in [4.78, 5) is 12.5. The van der Waals surface area contributed by atoms with Crippen LogP contribution in [0.4, 0.5) is 0 Å². The zero-order valence-electron chi connectivity index (χ0n) is 11.9. The van der Waals surface area contributed by atoms with Gasteiger partial charge in [0.1, 0.15) is 0 Å². The van der Waals surface area contributed by atoms with Gasteiger partial charge in [-0.25, -0.2) is 0 Å². The summed E-state index contributed by atoms with van der Waals surface area (Å²) in [6.07, 6.45) is 8.13. The van der Waals surface area contributed by atoms with Gasteiger partial charge in [-0.3, -0.25) is 9.48 Å². The van der Waals surface area contributed by atoms with Gasteiger partial charge in [0.05, 0.1) is 17.6 Å². The van der Waals surface area contributed by atoms with Crippen LogP contribution in [0, 0.1) is 0 Å². The number of nitrogens with zero attached hydrogens (tertiary/aromatic N) is 2. The number of ketones is 1. The quantitative estimate of drug-likeness (QED) is 0.853. The molecule has 0 spiro atoms. The molecule has 0 amide bonds. The standard InChI is InChI=1S/C17H20N2O/c1-19-16-11-7-6-10-14(16)15(18-19)12-17(20)13-8-4-2-3-5-9-13/h6-8,10-11H,2-5,9,12H2,1H3. The molecule has 1 heterocycles. The molecule has 104 valence electrons. The molecule has 1 aliphatic rings. The fourth-order valence-electron chi connectivity index (χ4n) is 2.95. The van der Waals surface area contributed by atoms with Gasteiger partial charge in [0.25, 0.3) is 0 Å². The topological polar surface area (TPSA) is 34.9 Å². The minimum absolute atomic E-state index is 0.246. The number of aromatic nitrogens is 2. The maximum absolute atomic E-state index is 12.5. The predicted octanol–water partition coefficient (Wildman–Crippen LogP) is 3.58. The summed E-state index contributed by atoms with van der Waals surface area (Å²) >= 11 is 0. The first-order valence-corrected chi connectivity index (χ1v) is 7.38. The Kier molecular flexibility index (Phi) is 3.68. The van der Waals surface area contributed by atoms with Crippen LogP contribution in [-0.2, 0) is 18.3 Å². The number of carbonyl (C=O) groups is 1. The van der Waals surface area contributed by atoms with Gasteiger partial charge in [-0.05, 0) is 37.3 Å². The number of fused-ring (bicyclic) bond motifs is 1. The second-order valence-corrected chi connectivity index (χ2v) is 5.52. The number of aryl methyl sites for hydroxylation is 1. The summed E-state index contributed by atoms with van der Waals surface area (Å²) < 4.78 is 1.86. The second kappa shape index (κ2) is 5.61. The van der Waals surface area contributed by atoms with Crippen LogP contribution in [0.3, 0.4) is 0 Å². The van der Waals surface area contributed by atoms with Crippen LogP contribution in [0.25, 0.3) is 10.9 Å². The van der Waals surface area contributed by atoms with Crippen molar-refractivity contribution in [2.45, 2.75) is 38.5 Å². The summed E-state index contributed by atoms with van der Waals surface area (Å²) in [6.45, 7) is 0. The third kappa shape index (κ3) is 2.53. The lowest BCUT2D eigenvalue weighted by molar-refractivity contribution is -0.115. The number of Topliss-reactive ketones (excluding diaryl/α,β-unsaturated/α-hetero) is 1. The van der Waals surface area contributed by atoms with E-state index >= 15 is 0 Å². The van der Waals surface area contributed by atoms with E-state index in [1.54, 1.807) is 0 Å². The van der Waals surface area contributed by atoms with Gasteiger partial charge in [-0.15, -0.1) is 0 Å². The average Bonchev–Trinajstić information content (AvgIpc) is 2.67. The Morgan fingerprint density at radius 1 is 1.25 bits per heavy atom. The number of benzene rings is 1. The summed E-state index contributed by atoms with van der Waals surface area (Å²) in [5.41, 5.74) is 3.00. The van der Waals surface area contributed by atoms with E-state index in [1.165, 1.54) is 12.8 Å². The van der Waals surface area contributed by atoms with Crippen molar-refractivity contribution >= 4 is 16.7 Å². The highest BCUT2D eigenvalue weighted by Crippen LogP contribution is 2.22. The van der Waals surface area contributed by atoms with E-state index in [1.807, 2.05) is 36.0 Å². The molecule has 0 radical (unpaired) electrons. The maximum atomic E-state index is 12.5. The van der Waals surface area contributed by atoms with Crippen molar-refractivity contribution < 1.29 is 4.79 Å². The summed E-state index contributed by atoms with van der Waals surface area (Å²) in [7, 11) is 1.93. The van der Waals surface area contributed by atoms with Crippen LogP contribution in [0.5, 0.6) is 0 Å². The number of hydrogen-bond donors (Lipinski definition) is 0. The highest BCUT2D eigenvalue weighted by Gasteiger charge is 2.16. The lowest BCUT2D eigenvalue weighted by Gasteiger charge is -2.03. The smallest absolute Gasteiger partial charge is 0.164 e. The van der Waals surface area contributed by atoms with E-state index in [0.717, 1.165) is 41.4 Å². The first kappa shape index (κ1) is 13.1. The predicted molar refractivity (Wildman–Crippen MR) is 80.6 cm³/mol. The van der Waals surface area contributed by atoms with Crippen LogP contribution < -0.4 is 0 Å². The van der Waals surface area contributed by atoms with Crippen molar-refractivity contribution in [3.8, 4) is 0 Å². The number of allylic oxidation sites excluding steroid dienone is 2. The maximum Gasteiger partial charge on any atom is 0.164 e. The molecule has 0 unspecified atom stereocenters. The van der Waals surface area contributed by atoms with Crippen LogP contribution in [0.1, 0.15) is 37.8 Å². The Morgan fingerprint density at radius 3 is 3.00 bits per heavy atom. The first-order valence-electron chi connectivity index (χ1n) is 7.38. The summed E-state index contributed by atoms with van der Waals surface area (Å²) in [6, 6.07) is 8.10. The Hall–Kier alpha value is -1.90. The van der Waals surface area contributed by atoms with Gasteiger partial charge in [0, 0.05) is 12.4 Å². The van der Waals surface area contributed by atoms with Crippen molar-refractivity contribution in [2.75, 3.05) is 0 Å². The zero-order chi connectivity index (χ0) is 13.9. The largest absolute Gasteiger partial charge is 0.294 e. The van der Waals surface area contributed by atoms with E-state index in [2.05, 4.69) is 11.2 Å². The molecule has 0 saturated carbocycles. The SMILES string of the molecule is Cn1nc(CC(=O)C2=CCCCCC2)c2ccccc21. The fraction of sp³-hybridized carbons (Fsp3) is 0.412. The van der Waals surface area contributed by atoms with Gasteiger partial charge in [0.2, 0.25) is 0 Å². The molecule has 0 N–H and O–H groups in total. The molecular formula is C17H20N2O. The third-order valence-electron chi connectivity index (χ3n) is 4.06. The Balaban J connectivity index is 1.86. The molecule has 0 saturated heterocycles.